The van der Waals surface area contributed by atoms with Crippen molar-refractivity contribution >= 4 is 39.8 Å². The van der Waals surface area contributed by atoms with Crippen LogP contribution >= 0.6 is 11.3 Å². The molecule has 0 unspecified atom stereocenters. The molecule has 0 aliphatic heterocycles. The highest BCUT2D eigenvalue weighted by atomic mass is 32.1. The first-order valence-electron chi connectivity index (χ1n) is 24.3. The van der Waals surface area contributed by atoms with Crippen LogP contribution in [0.3, 0.4) is 0 Å². The van der Waals surface area contributed by atoms with E-state index in [1.165, 1.54) is 71.2 Å². The molecule has 8 aromatic rings. The van der Waals surface area contributed by atoms with Crippen LogP contribution in [-0.2, 0) is 16.2 Å². The summed E-state index contributed by atoms with van der Waals surface area (Å²) < 4.78 is 0. The minimum absolute atomic E-state index is 0.0516. The van der Waals surface area contributed by atoms with Crippen molar-refractivity contribution in [3.63, 3.8) is 0 Å². The number of hydrogen-bond acceptors (Lipinski definition) is 3. The third-order valence-corrected chi connectivity index (χ3v) is 15.3. The average molecular weight is 899 g/mol. The summed E-state index contributed by atoms with van der Waals surface area (Å²) in [6.45, 7) is 27.6. The molecular formula is C64H70N2S. The van der Waals surface area contributed by atoms with Crippen molar-refractivity contribution in [2.45, 2.75) is 118 Å². The zero-order valence-corrected chi connectivity index (χ0v) is 42.9. The lowest BCUT2D eigenvalue weighted by Gasteiger charge is -2.40. The predicted molar refractivity (Wildman–Crippen MR) is 294 cm³/mol. The average Bonchev–Trinajstić information content (AvgIpc) is 3.74. The zero-order chi connectivity index (χ0) is 47.7. The van der Waals surface area contributed by atoms with Crippen molar-refractivity contribution in [3.05, 3.63) is 199 Å². The van der Waals surface area contributed by atoms with E-state index in [0.717, 1.165) is 29.9 Å². The molecule has 1 aromatic heterocycles. The Hall–Kier alpha value is -6.16. The van der Waals surface area contributed by atoms with Gasteiger partial charge in [0, 0.05) is 54.9 Å². The van der Waals surface area contributed by atoms with Crippen LogP contribution in [-0.4, -0.2) is 5.54 Å². The fourth-order valence-corrected chi connectivity index (χ4v) is 10.4. The van der Waals surface area contributed by atoms with E-state index in [9.17, 15) is 0 Å². The second-order valence-electron chi connectivity index (χ2n) is 21.6. The van der Waals surface area contributed by atoms with Crippen molar-refractivity contribution in [3.8, 4) is 43.1 Å². The lowest BCUT2D eigenvalue weighted by atomic mass is 9.82. The second kappa shape index (κ2) is 18.8. The van der Waals surface area contributed by atoms with Gasteiger partial charge in [-0.1, -0.05) is 191 Å². The fourth-order valence-electron chi connectivity index (χ4n) is 9.06. The molecule has 0 aliphatic rings. The first-order valence-corrected chi connectivity index (χ1v) is 25.1. The maximum atomic E-state index is 2.50. The largest absolute Gasteiger partial charge is 0.336 e. The van der Waals surface area contributed by atoms with Gasteiger partial charge in [0.15, 0.2) is 0 Å². The predicted octanol–water partition coefficient (Wildman–Crippen LogP) is 19.5. The maximum absolute atomic E-state index is 2.50. The van der Waals surface area contributed by atoms with Gasteiger partial charge in [-0.05, 0) is 143 Å². The molecule has 3 heteroatoms. The zero-order valence-electron chi connectivity index (χ0n) is 42.0. The number of anilines is 5. The Bertz CT molecular complexity index is 2870. The molecule has 67 heavy (non-hydrogen) atoms. The molecule has 0 radical (unpaired) electrons. The molecule has 0 N–H and O–H groups in total. The van der Waals surface area contributed by atoms with Gasteiger partial charge >= 0.3 is 0 Å². The highest BCUT2D eigenvalue weighted by molar-refractivity contribution is 7.20. The summed E-state index contributed by atoms with van der Waals surface area (Å²) in [5.74, 6) is 0. The van der Waals surface area contributed by atoms with Crippen LogP contribution in [0.15, 0.2) is 182 Å². The molecule has 0 spiro atoms. The Morgan fingerprint density at radius 2 is 0.672 bits per heavy atom. The van der Waals surface area contributed by atoms with Gasteiger partial charge in [0.05, 0.1) is 0 Å². The normalized spacial score (nSPS) is 12.3. The number of benzene rings is 7. The molecule has 0 saturated heterocycles. The summed E-state index contributed by atoms with van der Waals surface area (Å²) >= 11 is 1.90. The SMILES string of the molecule is CCC(C)(C)c1ccc(-c2sc(-c3ccc(N(c4ccc(N(c5ccc(C(C)(C)C)cc5)C(C)(C)CC)cc4)c4ccc(C(C)(C)C)cc4)cc3)c(-c3ccccc3)c2-c2ccccc2)cc1. The third kappa shape index (κ3) is 9.95. The van der Waals surface area contributed by atoms with E-state index in [4.69, 9.17) is 0 Å². The van der Waals surface area contributed by atoms with E-state index < -0.39 is 0 Å². The van der Waals surface area contributed by atoms with E-state index in [1.807, 2.05) is 11.3 Å². The van der Waals surface area contributed by atoms with Gasteiger partial charge < -0.3 is 9.80 Å². The first-order chi connectivity index (χ1) is 31.9. The molecule has 1 heterocycles. The van der Waals surface area contributed by atoms with Gasteiger partial charge in [-0.3, -0.25) is 0 Å². The van der Waals surface area contributed by atoms with Crippen molar-refractivity contribution in [2.75, 3.05) is 9.80 Å². The highest BCUT2D eigenvalue weighted by Gasteiger charge is 2.29. The summed E-state index contributed by atoms with van der Waals surface area (Å²) in [5.41, 5.74) is 17.4. The minimum Gasteiger partial charge on any atom is -0.336 e. The van der Waals surface area contributed by atoms with E-state index >= 15 is 0 Å². The van der Waals surface area contributed by atoms with Crippen LogP contribution in [0.1, 0.15) is 113 Å². The lowest BCUT2D eigenvalue weighted by Crippen LogP contribution is -2.40. The number of thiophene rings is 1. The van der Waals surface area contributed by atoms with Gasteiger partial charge in [-0.2, -0.15) is 0 Å². The maximum Gasteiger partial charge on any atom is 0.0463 e. The van der Waals surface area contributed by atoms with E-state index in [1.54, 1.807) is 0 Å². The molecule has 2 nitrogen and oxygen atoms in total. The molecule has 0 atom stereocenters. The Morgan fingerprint density at radius 1 is 0.343 bits per heavy atom. The van der Waals surface area contributed by atoms with Crippen molar-refractivity contribution < 1.29 is 0 Å². The lowest BCUT2D eigenvalue weighted by molar-refractivity contribution is 0.488. The molecule has 0 bridgehead atoms. The first kappa shape index (κ1) is 47.3. The van der Waals surface area contributed by atoms with Crippen LogP contribution < -0.4 is 9.80 Å². The fraction of sp³-hybridized carbons (Fsp3) is 0.281. The molecule has 0 saturated carbocycles. The molecule has 0 amide bonds. The molecule has 0 aliphatic carbocycles. The Kier molecular flexibility index (Phi) is 13.3. The van der Waals surface area contributed by atoms with E-state index in [2.05, 4.69) is 275 Å². The van der Waals surface area contributed by atoms with Gasteiger partial charge in [0.25, 0.3) is 0 Å². The highest BCUT2D eigenvalue weighted by Crippen LogP contribution is 2.53. The molecule has 7 aromatic carbocycles. The number of nitrogens with zero attached hydrogens (tertiary/aromatic N) is 2. The van der Waals surface area contributed by atoms with E-state index in [-0.39, 0.29) is 21.8 Å². The van der Waals surface area contributed by atoms with Gasteiger partial charge in [0.2, 0.25) is 0 Å². The van der Waals surface area contributed by atoms with Gasteiger partial charge in [0.1, 0.15) is 0 Å². The number of hydrogen-bond donors (Lipinski definition) is 0. The van der Waals surface area contributed by atoms with Crippen LogP contribution in [0, 0.1) is 0 Å². The molecule has 342 valence electrons. The molecule has 0 fully saturated rings. The molecule has 8 rings (SSSR count). The Labute approximate surface area is 407 Å². The van der Waals surface area contributed by atoms with Gasteiger partial charge in [-0.25, -0.2) is 0 Å². The van der Waals surface area contributed by atoms with Crippen LogP contribution in [0.5, 0.6) is 0 Å². The standard InChI is InChI=1S/C64H70N2S/c1-13-63(9,10)51-29-25-47(26-30-51)59-57(45-21-17-15-18-22-45)58(46-23-19-16-20-24-46)60(67-59)48-27-35-52(36-28-48)65(53-37-31-49(32-38-53)61(3,4)5)54-41-43-56(44-42-54)66(64(11,12)14-2)55-39-33-50(34-40-55)62(6,7)8/h15-44H,13-14H2,1-12H3. The van der Waals surface area contributed by atoms with Gasteiger partial charge in [-0.15, -0.1) is 11.3 Å². The summed E-state index contributed by atoms with van der Waals surface area (Å²) in [6.07, 6.45) is 2.09. The Balaban J connectivity index is 1.25. The van der Waals surface area contributed by atoms with Crippen molar-refractivity contribution in [1.82, 2.24) is 0 Å². The smallest absolute Gasteiger partial charge is 0.0463 e. The Morgan fingerprint density at radius 3 is 1.04 bits per heavy atom. The number of rotatable bonds is 13. The minimum atomic E-state index is -0.0981. The van der Waals surface area contributed by atoms with Crippen LogP contribution in [0.25, 0.3) is 43.1 Å². The second-order valence-corrected chi connectivity index (χ2v) is 22.6. The summed E-state index contributed by atoms with van der Waals surface area (Å²) in [4.78, 5) is 7.46. The molecular weight excluding hydrogens is 829 g/mol. The summed E-state index contributed by atoms with van der Waals surface area (Å²) in [5, 5.41) is 0. The summed E-state index contributed by atoms with van der Waals surface area (Å²) in [6, 6.07) is 68.1. The van der Waals surface area contributed by atoms with E-state index in [0.29, 0.717) is 0 Å². The van der Waals surface area contributed by atoms with Crippen LogP contribution in [0.2, 0.25) is 0 Å². The topological polar surface area (TPSA) is 6.48 Å². The van der Waals surface area contributed by atoms with Crippen molar-refractivity contribution in [2.24, 2.45) is 0 Å². The third-order valence-electron chi connectivity index (χ3n) is 14.1. The monoisotopic (exact) mass is 899 g/mol. The van der Waals surface area contributed by atoms with Crippen LogP contribution in [0.4, 0.5) is 28.4 Å². The summed E-state index contributed by atoms with van der Waals surface area (Å²) in [7, 11) is 0. The quantitative estimate of drug-likeness (QED) is 0.114. The van der Waals surface area contributed by atoms with Crippen molar-refractivity contribution in [1.29, 1.82) is 0 Å².